The monoisotopic (exact) mass is 292 g/mol. The van der Waals surface area contributed by atoms with Crippen LogP contribution in [-0.2, 0) is 6.54 Å². The number of hydrogen-bond acceptors (Lipinski definition) is 4. The lowest BCUT2D eigenvalue weighted by atomic mass is 10.2. The summed E-state index contributed by atoms with van der Waals surface area (Å²) in [6.07, 6.45) is 2.04. The van der Waals surface area contributed by atoms with E-state index in [0.29, 0.717) is 11.5 Å². The average Bonchev–Trinajstić information content (AvgIpc) is 2.89. The second-order valence-corrected chi connectivity index (χ2v) is 5.55. The predicted molar refractivity (Wildman–Crippen MR) is 81.2 cm³/mol. The quantitative estimate of drug-likeness (QED) is 0.797. The van der Waals surface area contributed by atoms with Crippen molar-refractivity contribution in [1.82, 2.24) is 9.78 Å². The van der Waals surface area contributed by atoms with Gasteiger partial charge in [0.05, 0.1) is 13.3 Å². The number of methoxy groups -OCH3 is 1. The Morgan fingerprint density at radius 3 is 2.75 bits per heavy atom. The molecule has 0 fully saturated rings. The van der Waals surface area contributed by atoms with E-state index in [9.17, 15) is 5.11 Å². The number of aliphatic hydroxyl groups excluding tert-OH is 1. The van der Waals surface area contributed by atoms with E-state index in [1.807, 2.05) is 35.0 Å². The summed E-state index contributed by atoms with van der Waals surface area (Å²) >= 11 is 1.63. The third-order valence-corrected chi connectivity index (χ3v) is 4.05. The summed E-state index contributed by atoms with van der Waals surface area (Å²) < 4.78 is 7.12. The highest BCUT2D eigenvalue weighted by Gasteiger charge is 2.19. The SMILES string of the molecule is CCCn1ncc(OC)c1C(O)CSc1ccccc1. The fraction of sp³-hybridized carbons (Fsp3) is 0.400. The fourth-order valence-electron chi connectivity index (χ4n) is 2.03. The predicted octanol–water partition coefficient (Wildman–Crippen LogP) is 3.13. The minimum absolute atomic E-state index is 0.579. The van der Waals surface area contributed by atoms with E-state index in [-0.39, 0.29) is 0 Å². The van der Waals surface area contributed by atoms with Crippen molar-refractivity contribution in [2.45, 2.75) is 30.9 Å². The molecule has 0 saturated heterocycles. The number of benzene rings is 1. The number of rotatable bonds is 7. The van der Waals surface area contributed by atoms with Gasteiger partial charge < -0.3 is 9.84 Å². The Balaban J connectivity index is 2.08. The van der Waals surface area contributed by atoms with Crippen LogP contribution in [0.2, 0.25) is 0 Å². The summed E-state index contributed by atoms with van der Waals surface area (Å²) in [4.78, 5) is 1.15. The first-order chi connectivity index (χ1) is 9.76. The normalized spacial score (nSPS) is 12.3. The van der Waals surface area contributed by atoms with Gasteiger partial charge in [-0.15, -0.1) is 11.8 Å². The Hall–Kier alpha value is -1.46. The molecule has 5 heteroatoms. The van der Waals surface area contributed by atoms with Crippen molar-refractivity contribution >= 4 is 11.8 Å². The van der Waals surface area contributed by atoms with Gasteiger partial charge >= 0.3 is 0 Å². The molecule has 0 radical (unpaired) electrons. The Labute approximate surface area is 123 Å². The molecule has 0 amide bonds. The zero-order valence-corrected chi connectivity index (χ0v) is 12.6. The number of ether oxygens (including phenoxy) is 1. The van der Waals surface area contributed by atoms with Gasteiger partial charge in [-0.1, -0.05) is 25.1 Å². The van der Waals surface area contributed by atoms with Gasteiger partial charge in [-0.05, 0) is 18.6 Å². The molecular formula is C15H20N2O2S. The van der Waals surface area contributed by atoms with E-state index < -0.39 is 6.10 Å². The molecule has 0 spiro atoms. The van der Waals surface area contributed by atoms with Crippen LogP contribution in [0, 0.1) is 0 Å². The van der Waals surface area contributed by atoms with Gasteiger partial charge in [-0.25, -0.2) is 0 Å². The van der Waals surface area contributed by atoms with Gasteiger partial charge in [-0.2, -0.15) is 5.10 Å². The van der Waals surface area contributed by atoms with Crippen LogP contribution in [0.25, 0.3) is 0 Å². The molecule has 20 heavy (non-hydrogen) atoms. The van der Waals surface area contributed by atoms with Gasteiger partial charge in [0.25, 0.3) is 0 Å². The van der Waals surface area contributed by atoms with Crippen molar-refractivity contribution in [1.29, 1.82) is 0 Å². The first kappa shape index (κ1) is 14.9. The van der Waals surface area contributed by atoms with Gasteiger partial charge in [0, 0.05) is 17.2 Å². The van der Waals surface area contributed by atoms with Gasteiger partial charge in [0.2, 0.25) is 0 Å². The summed E-state index contributed by atoms with van der Waals surface area (Å²) in [6.45, 7) is 2.87. The number of thioether (sulfide) groups is 1. The molecule has 0 aliphatic carbocycles. The van der Waals surface area contributed by atoms with Gasteiger partial charge in [0.1, 0.15) is 11.8 Å². The van der Waals surface area contributed by atoms with Crippen LogP contribution < -0.4 is 4.74 Å². The van der Waals surface area contributed by atoms with E-state index in [2.05, 4.69) is 12.0 Å². The number of nitrogens with zero attached hydrogens (tertiary/aromatic N) is 2. The molecule has 0 bridgehead atoms. The van der Waals surface area contributed by atoms with E-state index in [1.165, 1.54) is 0 Å². The van der Waals surface area contributed by atoms with E-state index in [0.717, 1.165) is 23.6 Å². The Bertz CT molecular complexity index is 528. The second-order valence-electron chi connectivity index (χ2n) is 4.46. The summed E-state index contributed by atoms with van der Waals surface area (Å²) in [5.74, 6) is 1.23. The van der Waals surface area contributed by atoms with Crippen LogP contribution in [-0.4, -0.2) is 27.7 Å². The molecule has 0 saturated carbocycles. The van der Waals surface area contributed by atoms with Crippen LogP contribution >= 0.6 is 11.8 Å². The van der Waals surface area contributed by atoms with E-state index >= 15 is 0 Å². The maximum atomic E-state index is 10.4. The molecule has 1 aromatic carbocycles. The Morgan fingerprint density at radius 1 is 1.35 bits per heavy atom. The number of hydrogen-bond donors (Lipinski definition) is 1. The Morgan fingerprint density at radius 2 is 2.10 bits per heavy atom. The molecular weight excluding hydrogens is 272 g/mol. The summed E-state index contributed by atoms with van der Waals surface area (Å²) in [5.41, 5.74) is 0.762. The lowest BCUT2D eigenvalue weighted by Gasteiger charge is -2.14. The molecule has 1 aromatic heterocycles. The van der Waals surface area contributed by atoms with Crippen molar-refractivity contribution in [3.05, 3.63) is 42.2 Å². The zero-order chi connectivity index (χ0) is 14.4. The van der Waals surface area contributed by atoms with Crippen LogP contribution in [0.1, 0.15) is 25.1 Å². The average molecular weight is 292 g/mol. The van der Waals surface area contributed by atoms with Crippen molar-refractivity contribution in [3.8, 4) is 5.75 Å². The molecule has 1 atom stereocenters. The first-order valence-electron chi connectivity index (χ1n) is 6.71. The smallest absolute Gasteiger partial charge is 0.162 e. The third-order valence-electron chi connectivity index (χ3n) is 2.97. The Kier molecular flexibility index (Phi) is 5.49. The molecule has 4 nitrogen and oxygen atoms in total. The molecule has 1 heterocycles. The molecule has 108 valence electrons. The second kappa shape index (κ2) is 7.36. The lowest BCUT2D eigenvalue weighted by molar-refractivity contribution is 0.186. The summed E-state index contributed by atoms with van der Waals surface area (Å²) in [5, 5.41) is 14.7. The van der Waals surface area contributed by atoms with Crippen LogP contribution in [0.4, 0.5) is 0 Å². The maximum absolute atomic E-state index is 10.4. The number of aliphatic hydroxyl groups is 1. The van der Waals surface area contributed by atoms with Crippen LogP contribution in [0.15, 0.2) is 41.4 Å². The van der Waals surface area contributed by atoms with Crippen molar-refractivity contribution in [2.75, 3.05) is 12.9 Å². The molecule has 2 rings (SSSR count). The van der Waals surface area contributed by atoms with Gasteiger partial charge in [0.15, 0.2) is 5.75 Å². The molecule has 0 aliphatic rings. The molecule has 1 N–H and O–H groups in total. The molecule has 1 unspecified atom stereocenters. The lowest BCUT2D eigenvalue weighted by Crippen LogP contribution is -2.11. The molecule has 2 aromatic rings. The minimum Gasteiger partial charge on any atom is -0.493 e. The number of aryl methyl sites for hydroxylation is 1. The maximum Gasteiger partial charge on any atom is 0.162 e. The highest BCUT2D eigenvalue weighted by molar-refractivity contribution is 7.99. The highest BCUT2D eigenvalue weighted by Crippen LogP contribution is 2.30. The van der Waals surface area contributed by atoms with Crippen molar-refractivity contribution in [2.24, 2.45) is 0 Å². The fourth-order valence-corrected chi connectivity index (χ4v) is 2.89. The standard InChI is InChI=1S/C15H20N2O2S/c1-3-9-17-15(14(19-2)10-16-17)13(18)11-20-12-7-5-4-6-8-12/h4-8,10,13,18H,3,9,11H2,1-2H3. The van der Waals surface area contributed by atoms with Crippen molar-refractivity contribution in [3.63, 3.8) is 0 Å². The van der Waals surface area contributed by atoms with Crippen LogP contribution in [0.3, 0.4) is 0 Å². The largest absolute Gasteiger partial charge is 0.493 e. The highest BCUT2D eigenvalue weighted by atomic mass is 32.2. The summed E-state index contributed by atoms with van der Waals surface area (Å²) in [6, 6.07) is 10.1. The topological polar surface area (TPSA) is 47.3 Å². The third kappa shape index (κ3) is 3.55. The summed E-state index contributed by atoms with van der Waals surface area (Å²) in [7, 11) is 1.61. The zero-order valence-electron chi connectivity index (χ0n) is 11.8. The van der Waals surface area contributed by atoms with E-state index in [4.69, 9.17) is 4.74 Å². The van der Waals surface area contributed by atoms with E-state index in [1.54, 1.807) is 25.1 Å². The van der Waals surface area contributed by atoms with Gasteiger partial charge in [-0.3, -0.25) is 4.68 Å². The molecule has 0 aliphatic heterocycles. The minimum atomic E-state index is -0.593. The van der Waals surface area contributed by atoms with Crippen LogP contribution in [0.5, 0.6) is 5.75 Å². The number of aromatic nitrogens is 2. The first-order valence-corrected chi connectivity index (χ1v) is 7.70. The van der Waals surface area contributed by atoms with Crippen molar-refractivity contribution < 1.29 is 9.84 Å².